The second-order valence-corrected chi connectivity index (χ2v) is 6.94. The molecule has 0 fully saturated rings. The first-order valence-corrected chi connectivity index (χ1v) is 8.96. The van der Waals surface area contributed by atoms with Crippen LogP contribution in [0.5, 0.6) is 0 Å². The van der Waals surface area contributed by atoms with E-state index in [2.05, 4.69) is 91.7 Å². The van der Waals surface area contributed by atoms with Crippen LogP contribution in [0.15, 0.2) is 88.7 Å². The summed E-state index contributed by atoms with van der Waals surface area (Å²) in [6.45, 7) is 2.19. The van der Waals surface area contributed by atoms with Crippen LogP contribution in [-0.2, 0) is 6.42 Å². The molecule has 22 heavy (non-hydrogen) atoms. The maximum absolute atomic E-state index is 4.43. The van der Waals surface area contributed by atoms with E-state index in [0.717, 1.165) is 6.42 Å². The highest BCUT2D eigenvalue weighted by atomic mass is 32.2. The molecule has 1 atom stereocenters. The first kappa shape index (κ1) is 14.8. The Kier molecular flexibility index (Phi) is 4.55. The van der Waals surface area contributed by atoms with Gasteiger partial charge >= 0.3 is 0 Å². The van der Waals surface area contributed by atoms with Crippen LogP contribution in [0.1, 0.15) is 12.5 Å². The zero-order valence-corrected chi connectivity index (χ0v) is 13.6. The molecule has 1 unspecified atom stereocenters. The van der Waals surface area contributed by atoms with Gasteiger partial charge in [0.15, 0.2) is 0 Å². The molecule has 0 saturated carbocycles. The monoisotopic (exact) mass is 304 g/mol. The fraction of sp³-hybridized carbons (Fsp3) is 0.0952. The first-order chi connectivity index (χ1) is 10.8. The number of aryl methyl sites for hydroxylation is 1. The van der Waals surface area contributed by atoms with Gasteiger partial charge in [0.25, 0.3) is 0 Å². The minimum Gasteiger partial charge on any atom is -0.130 e. The number of rotatable bonds is 4. The Morgan fingerprint density at radius 2 is 1.41 bits per heavy atom. The minimum atomic E-state index is -0.166. The highest BCUT2D eigenvalue weighted by Gasteiger charge is 2.08. The maximum Gasteiger partial charge on any atom is 0.0135 e. The predicted octanol–water partition coefficient (Wildman–Crippen LogP) is 6.03. The molecule has 110 valence electrons. The van der Waals surface area contributed by atoms with Crippen molar-refractivity contribution in [2.45, 2.75) is 23.1 Å². The molecular formula is C21H20S. The molecule has 0 spiro atoms. The van der Waals surface area contributed by atoms with Gasteiger partial charge in [0.1, 0.15) is 0 Å². The Morgan fingerprint density at radius 3 is 2.09 bits per heavy atom. The van der Waals surface area contributed by atoms with Crippen LogP contribution >= 0.6 is 10.5 Å². The first-order valence-electron chi connectivity index (χ1n) is 7.57. The van der Waals surface area contributed by atoms with Crippen molar-refractivity contribution in [2.75, 3.05) is 0 Å². The average molecular weight is 304 g/mol. The molecule has 1 heteroatoms. The second kappa shape index (κ2) is 6.76. The third-order valence-electron chi connectivity index (χ3n) is 3.85. The largest absolute Gasteiger partial charge is 0.130 e. The van der Waals surface area contributed by atoms with E-state index in [9.17, 15) is 0 Å². The summed E-state index contributed by atoms with van der Waals surface area (Å²) >= 11 is 0. The van der Waals surface area contributed by atoms with E-state index >= 15 is 0 Å². The van der Waals surface area contributed by atoms with Gasteiger partial charge in [0.2, 0.25) is 0 Å². The molecule has 0 nitrogen and oxygen atoms in total. The molecule has 0 N–H and O–H groups in total. The lowest BCUT2D eigenvalue weighted by atomic mass is 10.0. The summed E-state index contributed by atoms with van der Waals surface area (Å²) in [5, 5.41) is 0. The average Bonchev–Trinajstić information content (AvgIpc) is 2.62. The van der Waals surface area contributed by atoms with Crippen molar-refractivity contribution < 1.29 is 0 Å². The molecular weight excluding hydrogens is 284 g/mol. The van der Waals surface area contributed by atoms with Crippen molar-refractivity contribution in [1.82, 2.24) is 0 Å². The van der Waals surface area contributed by atoms with Crippen LogP contribution in [0.25, 0.3) is 11.1 Å². The molecule has 0 amide bonds. The van der Waals surface area contributed by atoms with Gasteiger partial charge < -0.3 is 0 Å². The van der Waals surface area contributed by atoms with Gasteiger partial charge in [-0.3, -0.25) is 0 Å². The zero-order chi connectivity index (χ0) is 15.4. The molecule has 3 aromatic rings. The molecule has 0 aromatic heterocycles. The van der Waals surface area contributed by atoms with E-state index in [0.29, 0.717) is 0 Å². The second-order valence-electron chi connectivity index (χ2n) is 5.25. The van der Waals surface area contributed by atoms with Gasteiger partial charge in [-0.2, -0.15) is 0 Å². The molecule has 0 aliphatic rings. The quantitative estimate of drug-likeness (QED) is 0.516. The van der Waals surface area contributed by atoms with Gasteiger partial charge in [-0.05, 0) is 41.3 Å². The summed E-state index contributed by atoms with van der Waals surface area (Å²) in [5.74, 6) is 4.43. The number of hydrogen-bond donors (Lipinski definition) is 0. The summed E-state index contributed by atoms with van der Waals surface area (Å²) in [7, 11) is -0.166. The Morgan fingerprint density at radius 1 is 0.773 bits per heavy atom. The third-order valence-corrected chi connectivity index (χ3v) is 5.58. The van der Waals surface area contributed by atoms with E-state index in [1.54, 1.807) is 0 Å². The Bertz CT molecular complexity index is 771. The molecule has 3 rings (SSSR count). The van der Waals surface area contributed by atoms with Gasteiger partial charge in [-0.25, -0.2) is 0 Å². The number of hydrogen-bond acceptors (Lipinski definition) is 0. The summed E-state index contributed by atoms with van der Waals surface area (Å²) in [6, 6.07) is 28.0. The number of benzene rings is 3. The van der Waals surface area contributed by atoms with Crippen molar-refractivity contribution in [3.63, 3.8) is 0 Å². The van der Waals surface area contributed by atoms with Gasteiger partial charge in [-0.15, -0.1) is 10.5 Å². The van der Waals surface area contributed by atoms with Gasteiger partial charge in [-0.1, -0.05) is 73.5 Å². The van der Waals surface area contributed by atoms with E-state index in [1.165, 1.54) is 26.5 Å². The molecule has 0 aliphatic carbocycles. The fourth-order valence-corrected chi connectivity index (χ4v) is 3.99. The van der Waals surface area contributed by atoms with Crippen LogP contribution in [0.2, 0.25) is 0 Å². The van der Waals surface area contributed by atoms with Gasteiger partial charge in [0.05, 0.1) is 0 Å². The predicted molar refractivity (Wildman–Crippen MR) is 98.9 cm³/mol. The van der Waals surface area contributed by atoms with Crippen molar-refractivity contribution in [3.05, 3.63) is 84.4 Å². The molecule has 0 bridgehead atoms. The van der Waals surface area contributed by atoms with Crippen LogP contribution in [-0.4, -0.2) is 5.87 Å². The standard InChI is InChI=1S/C21H20S/c1-3-17-13-15-18(16-14-17)20-11-7-8-12-21(20)22(2)19-9-5-4-6-10-19/h4-16H,2-3H2,1H3. The Hall–Kier alpha value is -2.12. The minimum absolute atomic E-state index is 0.166. The van der Waals surface area contributed by atoms with Crippen molar-refractivity contribution in [1.29, 1.82) is 0 Å². The topological polar surface area (TPSA) is 0 Å². The smallest absolute Gasteiger partial charge is 0.0135 e. The third kappa shape index (κ3) is 3.05. The van der Waals surface area contributed by atoms with E-state index < -0.39 is 0 Å². The lowest BCUT2D eigenvalue weighted by Crippen LogP contribution is -1.86. The highest BCUT2D eigenvalue weighted by Crippen LogP contribution is 2.40. The zero-order valence-electron chi connectivity index (χ0n) is 12.8. The molecule has 0 heterocycles. The lowest BCUT2D eigenvalue weighted by molar-refractivity contribution is 1.14. The molecule has 0 aliphatic heterocycles. The molecule has 0 radical (unpaired) electrons. The van der Waals surface area contributed by atoms with E-state index in [1.807, 2.05) is 0 Å². The summed E-state index contributed by atoms with van der Waals surface area (Å²) in [4.78, 5) is 2.58. The highest BCUT2D eigenvalue weighted by molar-refractivity contribution is 8.14. The van der Waals surface area contributed by atoms with Crippen LogP contribution < -0.4 is 0 Å². The van der Waals surface area contributed by atoms with Crippen molar-refractivity contribution in [3.8, 4) is 11.1 Å². The van der Waals surface area contributed by atoms with Crippen LogP contribution in [0, 0.1) is 0 Å². The normalized spacial score (nSPS) is 12.0. The van der Waals surface area contributed by atoms with Gasteiger partial charge in [0, 0.05) is 9.79 Å². The SMILES string of the molecule is C=S(c1ccccc1)c1ccccc1-c1ccc(CC)cc1. The summed E-state index contributed by atoms with van der Waals surface area (Å²) < 4.78 is 0. The van der Waals surface area contributed by atoms with Crippen LogP contribution in [0.4, 0.5) is 0 Å². The fourth-order valence-electron chi connectivity index (χ4n) is 2.55. The lowest BCUT2D eigenvalue weighted by Gasteiger charge is -2.14. The van der Waals surface area contributed by atoms with Crippen molar-refractivity contribution in [2.24, 2.45) is 0 Å². The summed E-state index contributed by atoms with van der Waals surface area (Å²) in [6.07, 6.45) is 1.08. The molecule has 3 aromatic carbocycles. The maximum atomic E-state index is 4.43. The summed E-state index contributed by atoms with van der Waals surface area (Å²) in [5.41, 5.74) is 3.93. The van der Waals surface area contributed by atoms with Crippen LogP contribution in [0.3, 0.4) is 0 Å². The van der Waals surface area contributed by atoms with Crippen molar-refractivity contribution >= 4 is 16.4 Å². The molecule has 0 saturated heterocycles. The Balaban J connectivity index is 2.04. The van der Waals surface area contributed by atoms with E-state index in [-0.39, 0.29) is 10.5 Å². The Labute approximate surface area is 135 Å². The van der Waals surface area contributed by atoms with E-state index in [4.69, 9.17) is 0 Å².